The van der Waals surface area contributed by atoms with Gasteiger partial charge >= 0.3 is 5.69 Å². The molecule has 84 valence electrons. The van der Waals surface area contributed by atoms with Gasteiger partial charge in [0.15, 0.2) is 0 Å². The van der Waals surface area contributed by atoms with Gasteiger partial charge in [0.05, 0.1) is 5.52 Å². The smallest absolute Gasteiger partial charge is 0.305 e. The molecule has 0 atom stereocenters. The molecule has 0 bridgehead atoms. The molecule has 1 aliphatic rings. The number of benzene rings is 1. The molecule has 0 saturated carbocycles. The first-order chi connectivity index (χ1) is 7.86. The van der Waals surface area contributed by atoms with Crippen LogP contribution in [0.3, 0.4) is 0 Å². The predicted octanol–water partition coefficient (Wildman–Crippen LogP) is 0.407. The first-order valence-corrected chi connectivity index (χ1v) is 5.26. The van der Waals surface area contributed by atoms with Crippen LogP contribution in [0.25, 0.3) is 10.9 Å². The highest BCUT2D eigenvalue weighted by molar-refractivity contribution is 5.76. The van der Waals surface area contributed by atoms with Crippen molar-refractivity contribution in [3.63, 3.8) is 0 Å². The topological polar surface area (TPSA) is 69.8 Å². The highest BCUT2D eigenvalue weighted by Gasteiger charge is 1.91. The van der Waals surface area contributed by atoms with E-state index < -0.39 is 0 Å². The molecule has 5 heteroatoms. The van der Waals surface area contributed by atoms with Crippen LogP contribution in [-0.2, 0) is 0 Å². The van der Waals surface area contributed by atoms with Crippen LogP contribution in [0.2, 0.25) is 0 Å². The van der Waals surface area contributed by atoms with E-state index in [4.69, 9.17) is 0 Å². The SMILES string of the molecule is C1CNNC1.O=c1ncc2ccccc2[nH]1. The van der Waals surface area contributed by atoms with Crippen LogP contribution in [0, 0.1) is 0 Å². The second-order valence-corrected chi connectivity index (χ2v) is 3.48. The van der Waals surface area contributed by atoms with Gasteiger partial charge < -0.3 is 4.98 Å². The van der Waals surface area contributed by atoms with E-state index in [9.17, 15) is 4.79 Å². The maximum atomic E-state index is 10.7. The Morgan fingerprint density at radius 2 is 1.88 bits per heavy atom. The standard InChI is InChI=1S/C8H6N2O.C3H8N2/c11-8-9-5-6-3-1-2-4-7(6)10-8;1-2-4-5-3-1/h1-5H,(H,9,10,11);4-5H,1-3H2. The normalized spacial score (nSPS) is 14.5. The first-order valence-electron chi connectivity index (χ1n) is 5.26. The van der Waals surface area contributed by atoms with Crippen molar-refractivity contribution >= 4 is 10.9 Å². The third-order valence-electron chi connectivity index (χ3n) is 2.25. The number of fused-ring (bicyclic) bond motifs is 1. The Bertz CT molecular complexity index is 497. The number of nitrogens with one attached hydrogen (secondary N) is 3. The summed E-state index contributed by atoms with van der Waals surface area (Å²) in [6.07, 6.45) is 2.84. The van der Waals surface area contributed by atoms with Gasteiger partial charge in [-0.25, -0.2) is 9.78 Å². The molecule has 1 aromatic carbocycles. The van der Waals surface area contributed by atoms with E-state index >= 15 is 0 Å². The lowest BCUT2D eigenvalue weighted by Gasteiger charge is -1.92. The molecule has 0 aliphatic carbocycles. The summed E-state index contributed by atoms with van der Waals surface area (Å²) < 4.78 is 0. The molecule has 1 aliphatic heterocycles. The van der Waals surface area contributed by atoms with Crippen LogP contribution in [0.15, 0.2) is 35.3 Å². The summed E-state index contributed by atoms with van der Waals surface area (Å²) >= 11 is 0. The minimum atomic E-state index is -0.302. The Hall–Kier alpha value is -1.72. The zero-order chi connectivity index (χ0) is 11.2. The molecule has 5 nitrogen and oxygen atoms in total. The molecule has 3 rings (SSSR count). The maximum Gasteiger partial charge on any atom is 0.345 e. The molecular weight excluding hydrogens is 204 g/mol. The summed E-state index contributed by atoms with van der Waals surface area (Å²) in [4.78, 5) is 16.9. The molecular formula is C11H14N4O. The van der Waals surface area contributed by atoms with Gasteiger partial charge in [0, 0.05) is 24.7 Å². The third-order valence-corrected chi connectivity index (χ3v) is 2.25. The van der Waals surface area contributed by atoms with E-state index in [1.807, 2.05) is 24.3 Å². The minimum absolute atomic E-state index is 0.302. The average Bonchev–Trinajstić information content (AvgIpc) is 2.87. The molecule has 3 N–H and O–H groups in total. The Kier molecular flexibility index (Phi) is 3.63. The van der Waals surface area contributed by atoms with Crippen molar-refractivity contribution in [2.45, 2.75) is 6.42 Å². The zero-order valence-corrected chi connectivity index (χ0v) is 8.86. The lowest BCUT2D eigenvalue weighted by atomic mass is 10.2. The molecule has 16 heavy (non-hydrogen) atoms. The number of aromatic nitrogens is 2. The number of hydrazine groups is 1. The van der Waals surface area contributed by atoms with E-state index in [-0.39, 0.29) is 5.69 Å². The van der Waals surface area contributed by atoms with E-state index in [2.05, 4.69) is 20.8 Å². The van der Waals surface area contributed by atoms with Gasteiger partial charge in [0.2, 0.25) is 0 Å². The Labute approximate surface area is 92.9 Å². The Morgan fingerprint density at radius 3 is 2.56 bits per heavy atom. The van der Waals surface area contributed by atoms with Crippen LogP contribution in [0.4, 0.5) is 0 Å². The quantitative estimate of drug-likeness (QED) is 0.599. The summed E-state index contributed by atoms with van der Waals surface area (Å²) in [5, 5.41) is 0.951. The number of hydrogen-bond donors (Lipinski definition) is 3. The number of aromatic amines is 1. The van der Waals surface area contributed by atoms with E-state index in [1.54, 1.807) is 6.20 Å². The fourth-order valence-corrected chi connectivity index (χ4v) is 1.44. The monoisotopic (exact) mass is 218 g/mol. The fourth-order valence-electron chi connectivity index (χ4n) is 1.44. The van der Waals surface area contributed by atoms with Gasteiger partial charge in [-0.15, -0.1) is 0 Å². The molecule has 0 radical (unpaired) electrons. The second-order valence-electron chi connectivity index (χ2n) is 3.48. The zero-order valence-electron chi connectivity index (χ0n) is 8.86. The van der Waals surface area contributed by atoms with E-state index in [1.165, 1.54) is 6.42 Å². The van der Waals surface area contributed by atoms with Crippen molar-refractivity contribution in [1.82, 2.24) is 20.8 Å². The summed E-state index contributed by atoms with van der Waals surface area (Å²) in [7, 11) is 0. The highest BCUT2D eigenvalue weighted by atomic mass is 16.1. The maximum absolute atomic E-state index is 10.7. The average molecular weight is 218 g/mol. The molecule has 1 fully saturated rings. The first kappa shape index (κ1) is 10.8. The van der Waals surface area contributed by atoms with Crippen LogP contribution in [0.1, 0.15) is 6.42 Å². The molecule has 0 spiro atoms. The van der Waals surface area contributed by atoms with Crippen molar-refractivity contribution in [3.8, 4) is 0 Å². The highest BCUT2D eigenvalue weighted by Crippen LogP contribution is 2.05. The largest absolute Gasteiger partial charge is 0.345 e. The molecule has 1 aromatic heterocycles. The summed E-state index contributed by atoms with van der Waals surface area (Å²) in [6, 6.07) is 7.53. The molecule has 1 saturated heterocycles. The Balaban J connectivity index is 0.000000162. The number of para-hydroxylation sites is 1. The van der Waals surface area contributed by atoms with Gasteiger partial charge in [-0.1, -0.05) is 18.2 Å². The summed E-state index contributed by atoms with van der Waals surface area (Å²) in [5.41, 5.74) is 6.47. The van der Waals surface area contributed by atoms with E-state index in [0.29, 0.717) is 0 Å². The summed E-state index contributed by atoms with van der Waals surface area (Å²) in [6.45, 7) is 2.28. The fraction of sp³-hybridized carbons (Fsp3) is 0.273. The lowest BCUT2D eigenvalue weighted by Crippen LogP contribution is -2.21. The van der Waals surface area contributed by atoms with Gasteiger partial charge in [-0.3, -0.25) is 10.9 Å². The molecule has 0 unspecified atom stereocenters. The van der Waals surface area contributed by atoms with Crippen molar-refractivity contribution in [3.05, 3.63) is 40.9 Å². The van der Waals surface area contributed by atoms with Crippen LogP contribution >= 0.6 is 0 Å². The van der Waals surface area contributed by atoms with Crippen molar-refractivity contribution in [2.75, 3.05) is 13.1 Å². The second kappa shape index (κ2) is 5.39. The molecule has 2 heterocycles. The van der Waals surface area contributed by atoms with Crippen LogP contribution in [0.5, 0.6) is 0 Å². The van der Waals surface area contributed by atoms with Gasteiger partial charge in [-0.2, -0.15) is 0 Å². The third kappa shape index (κ3) is 2.88. The predicted molar refractivity (Wildman–Crippen MR) is 63.0 cm³/mol. The van der Waals surface area contributed by atoms with Gasteiger partial charge in [0.1, 0.15) is 0 Å². The number of hydrogen-bond acceptors (Lipinski definition) is 4. The summed E-state index contributed by atoms with van der Waals surface area (Å²) in [5.74, 6) is 0. The number of nitrogens with zero attached hydrogens (tertiary/aromatic N) is 1. The minimum Gasteiger partial charge on any atom is -0.305 e. The van der Waals surface area contributed by atoms with E-state index in [0.717, 1.165) is 24.0 Å². The molecule has 2 aromatic rings. The van der Waals surface area contributed by atoms with Gasteiger partial charge in [-0.05, 0) is 12.5 Å². The van der Waals surface area contributed by atoms with Gasteiger partial charge in [0.25, 0.3) is 0 Å². The van der Waals surface area contributed by atoms with Crippen LogP contribution in [-0.4, -0.2) is 23.1 Å². The van der Waals surface area contributed by atoms with Crippen molar-refractivity contribution in [1.29, 1.82) is 0 Å². The van der Waals surface area contributed by atoms with Crippen molar-refractivity contribution in [2.24, 2.45) is 0 Å². The molecule has 0 amide bonds. The number of rotatable bonds is 0. The van der Waals surface area contributed by atoms with Crippen molar-refractivity contribution < 1.29 is 0 Å². The lowest BCUT2D eigenvalue weighted by molar-refractivity contribution is 0.689. The van der Waals surface area contributed by atoms with Crippen LogP contribution < -0.4 is 16.5 Å². The Morgan fingerprint density at radius 1 is 1.12 bits per heavy atom. The number of H-pyrrole nitrogens is 1.